The molecule has 0 N–H and O–H groups in total. The summed E-state index contributed by atoms with van der Waals surface area (Å²) in [7, 11) is -3.33. The van der Waals surface area contributed by atoms with Crippen LogP contribution in [0.25, 0.3) is 0 Å². The zero-order chi connectivity index (χ0) is 13.1. The molecule has 1 amide bonds. The summed E-state index contributed by atoms with van der Waals surface area (Å²) in [6.07, 6.45) is 5.22. The van der Waals surface area contributed by atoms with E-state index in [9.17, 15) is 13.2 Å². The second-order valence-electron chi connectivity index (χ2n) is 4.63. The molecular weight excluding hydrogens is 262 g/mol. The Morgan fingerprint density at radius 3 is 2.35 bits per heavy atom. The van der Waals surface area contributed by atoms with Gasteiger partial charge in [0.25, 0.3) is 0 Å². The van der Waals surface area contributed by atoms with Crippen LogP contribution in [-0.2, 0) is 14.6 Å². The summed E-state index contributed by atoms with van der Waals surface area (Å²) in [5.41, 5.74) is 0. The van der Waals surface area contributed by atoms with Crippen molar-refractivity contribution >= 4 is 27.3 Å². The molecule has 1 unspecified atom stereocenters. The van der Waals surface area contributed by atoms with E-state index >= 15 is 0 Å². The number of rotatable bonds is 5. The maximum atomic E-state index is 12.2. The fraction of sp³-hybridized carbons (Fsp3) is 0.909. The highest BCUT2D eigenvalue weighted by Gasteiger charge is 2.33. The van der Waals surface area contributed by atoms with Gasteiger partial charge in [0, 0.05) is 24.7 Å². The van der Waals surface area contributed by atoms with Crippen LogP contribution in [0.15, 0.2) is 0 Å². The van der Waals surface area contributed by atoms with Crippen molar-refractivity contribution < 1.29 is 13.2 Å². The lowest BCUT2D eigenvalue weighted by Crippen LogP contribution is -2.46. The fourth-order valence-electron chi connectivity index (χ4n) is 2.20. The van der Waals surface area contributed by atoms with Crippen LogP contribution < -0.4 is 0 Å². The minimum atomic E-state index is -3.33. The van der Waals surface area contributed by atoms with Gasteiger partial charge in [0.2, 0.25) is 5.91 Å². The van der Waals surface area contributed by atoms with Crippen molar-refractivity contribution in [2.24, 2.45) is 0 Å². The molecule has 4 nitrogen and oxygen atoms in total. The van der Waals surface area contributed by atoms with Crippen LogP contribution in [0, 0.1) is 0 Å². The molecule has 0 spiro atoms. The molecule has 0 aromatic carbocycles. The zero-order valence-corrected chi connectivity index (χ0v) is 11.9. The lowest BCUT2D eigenvalue weighted by Gasteiger charge is -2.30. The van der Waals surface area contributed by atoms with Gasteiger partial charge in [-0.2, -0.15) is 0 Å². The number of hydrogen-bond donors (Lipinski definition) is 0. The van der Waals surface area contributed by atoms with Gasteiger partial charge >= 0.3 is 0 Å². The van der Waals surface area contributed by atoms with E-state index in [1.54, 1.807) is 4.90 Å². The third-order valence-corrected chi connectivity index (χ3v) is 5.02. The molecule has 0 heterocycles. The van der Waals surface area contributed by atoms with Gasteiger partial charge < -0.3 is 4.90 Å². The summed E-state index contributed by atoms with van der Waals surface area (Å²) >= 11 is 5.69. The average Bonchev–Trinajstić information content (AvgIpc) is 2.75. The number of alkyl halides is 1. The SMILES string of the molecule is CC(C(=O)N(CCCl)C1CCCC1)S(C)(=O)=O. The first-order chi connectivity index (χ1) is 7.88. The topological polar surface area (TPSA) is 54.5 Å². The molecule has 0 saturated heterocycles. The van der Waals surface area contributed by atoms with E-state index < -0.39 is 15.1 Å². The smallest absolute Gasteiger partial charge is 0.240 e. The first kappa shape index (κ1) is 14.8. The zero-order valence-electron chi connectivity index (χ0n) is 10.4. The van der Waals surface area contributed by atoms with Crippen molar-refractivity contribution in [3.8, 4) is 0 Å². The van der Waals surface area contributed by atoms with Crippen LogP contribution in [0.4, 0.5) is 0 Å². The van der Waals surface area contributed by atoms with Gasteiger partial charge in [-0.25, -0.2) is 8.42 Å². The van der Waals surface area contributed by atoms with E-state index in [0.29, 0.717) is 12.4 Å². The summed E-state index contributed by atoms with van der Waals surface area (Å²) in [4.78, 5) is 13.8. The van der Waals surface area contributed by atoms with Gasteiger partial charge in [-0.05, 0) is 19.8 Å². The molecule has 1 aliphatic carbocycles. The van der Waals surface area contributed by atoms with E-state index in [0.717, 1.165) is 31.9 Å². The Balaban J connectivity index is 2.79. The lowest BCUT2D eigenvalue weighted by atomic mass is 10.2. The van der Waals surface area contributed by atoms with Crippen LogP contribution >= 0.6 is 11.6 Å². The first-order valence-corrected chi connectivity index (χ1v) is 8.42. The van der Waals surface area contributed by atoms with Gasteiger partial charge in [-0.1, -0.05) is 12.8 Å². The van der Waals surface area contributed by atoms with Gasteiger partial charge in [0.05, 0.1) is 0 Å². The van der Waals surface area contributed by atoms with Crippen molar-refractivity contribution in [1.29, 1.82) is 0 Å². The molecule has 1 saturated carbocycles. The molecule has 6 heteroatoms. The highest BCUT2D eigenvalue weighted by atomic mass is 35.5. The van der Waals surface area contributed by atoms with Crippen molar-refractivity contribution in [3.63, 3.8) is 0 Å². The summed E-state index contributed by atoms with van der Waals surface area (Å²) in [5, 5.41) is -0.966. The molecule has 1 fully saturated rings. The number of nitrogens with zero attached hydrogens (tertiary/aromatic N) is 1. The number of amides is 1. The number of carbonyl (C=O) groups excluding carboxylic acids is 1. The molecule has 100 valence electrons. The maximum Gasteiger partial charge on any atom is 0.240 e. The number of carbonyl (C=O) groups is 1. The van der Waals surface area contributed by atoms with Crippen molar-refractivity contribution in [3.05, 3.63) is 0 Å². The third kappa shape index (κ3) is 3.85. The Morgan fingerprint density at radius 1 is 1.41 bits per heavy atom. The Hall–Kier alpha value is -0.290. The van der Waals surface area contributed by atoms with E-state index in [1.807, 2.05) is 0 Å². The lowest BCUT2D eigenvalue weighted by molar-refractivity contribution is -0.132. The third-order valence-electron chi connectivity index (χ3n) is 3.36. The van der Waals surface area contributed by atoms with Crippen LogP contribution in [0.1, 0.15) is 32.6 Å². The Bertz CT molecular complexity index is 363. The van der Waals surface area contributed by atoms with Crippen molar-refractivity contribution in [2.75, 3.05) is 18.7 Å². The summed E-state index contributed by atoms with van der Waals surface area (Å²) in [6.45, 7) is 1.89. The molecule has 0 radical (unpaired) electrons. The Kier molecular flexibility index (Phi) is 5.25. The van der Waals surface area contributed by atoms with Gasteiger partial charge in [0.1, 0.15) is 5.25 Å². The summed E-state index contributed by atoms with van der Waals surface area (Å²) < 4.78 is 22.8. The highest BCUT2D eigenvalue weighted by Crippen LogP contribution is 2.24. The normalized spacial score (nSPS) is 19.2. The van der Waals surface area contributed by atoms with Gasteiger partial charge in [-0.15, -0.1) is 11.6 Å². The number of hydrogen-bond acceptors (Lipinski definition) is 3. The second kappa shape index (κ2) is 6.05. The minimum absolute atomic E-state index is 0.172. The maximum absolute atomic E-state index is 12.2. The number of halogens is 1. The molecule has 1 atom stereocenters. The molecule has 0 aliphatic heterocycles. The van der Waals surface area contributed by atoms with E-state index in [4.69, 9.17) is 11.6 Å². The predicted molar refractivity (Wildman–Crippen MR) is 69.0 cm³/mol. The highest BCUT2D eigenvalue weighted by molar-refractivity contribution is 7.92. The quantitative estimate of drug-likeness (QED) is 0.717. The monoisotopic (exact) mass is 281 g/mol. The summed E-state index contributed by atoms with van der Waals surface area (Å²) in [5.74, 6) is 0.0404. The van der Waals surface area contributed by atoms with Gasteiger partial charge in [0.15, 0.2) is 9.84 Å². The molecular formula is C11H20ClNO3S. The van der Waals surface area contributed by atoms with Crippen molar-refractivity contribution in [2.45, 2.75) is 43.9 Å². The standard InChI is InChI=1S/C11H20ClNO3S/c1-9(17(2,15)16)11(14)13(8-7-12)10-5-3-4-6-10/h9-10H,3-8H2,1-2H3. The van der Waals surface area contributed by atoms with Crippen LogP contribution in [0.3, 0.4) is 0 Å². The first-order valence-electron chi connectivity index (χ1n) is 5.93. The molecule has 17 heavy (non-hydrogen) atoms. The fourth-order valence-corrected chi connectivity index (χ4v) is 2.88. The minimum Gasteiger partial charge on any atom is -0.337 e. The van der Waals surface area contributed by atoms with Crippen LogP contribution in [0.2, 0.25) is 0 Å². The molecule has 0 bridgehead atoms. The Labute approximate surface area is 108 Å². The van der Waals surface area contributed by atoms with Crippen LogP contribution in [0.5, 0.6) is 0 Å². The van der Waals surface area contributed by atoms with E-state index in [1.165, 1.54) is 6.92 Å². The number of sulfone groups is 1. The molecule has 0 aromatic rings. The Morgan fingerprint density at radius 2 is 1.94 bits per heavy atom. The molecule has 1 rings (SSSR count). The summed E-state index contributed by atoms with van der Waals surface area (Å²) in [6, 6.07) is 0.172. The molecule has 1 aliphatic rings. The average molecular weight is 282 g/mol. The van der Waals surface area contributed by atoms with Crippen molar-refractivity contribution in [1.82, 2.24) is 4.90 Å². The van der Waals surface area contributed by atoms with Crippen LogP contribution in [-0.4, -0.2) is 49.2 Å². The second-order valence-corrected chi connectivity index (χ2v) is 7.37. The molecule has 0 aromatic heterocycles. The van der Waals surface area contributed by atoms with E-state index in [-0.39, 0.29) is 11.9 Å². The largest absolute Gasteiger partial charge is 0.337 e. The van der Waals surface area contributed by atoms with E-state index in [2.05, 4.69) is 0 Å². The predicted octanol–water partition coefficient (Wildman–Crippen LogP) is 1.43. The van der Waals surface area contributed by atoms with Gasteiger partial charge in [-0.3, -0.25) is 4.79 Å².